The highest BCUT2D eigenvalue weighted by molar-refractivity contribution is 5.85. The predicted octanol–water partition coefficient (Wildman–Crippen LogP) is 2.45. The van der Waals surface area contributed by atoms with Gasteiger partial charge in [-0.1, -0.05) is 19.9 Å². The van der Waals surface area contributed by atoms with E-state index in [1.807, 2.05) is 0 Å². The van der Waals surface area contributed by atoms with Crippen molar-refractivity contribution in [3.05, 3.63) is 23.3 Å². The summed E-state index contributed by atoms with van der Waals surface area (Å²) in [5, 5.41) is 0. The average Bonchev–Trinajstić information content (AvgIpc) is 2.17. The van der Waals surface area contributed by atoms with Gasteiger partial charge < -0.3 is 0 Å². The molecule has 2 heteroatoms. The third-order valence-electron chi connectivity index (χ3n) is 1.96. The van der Waals surface area contributed by atoms with Crippen LogP contribution in [0.25, 0.3) is 0 Å². The first-order valence-electron chi connectivity index (χ1n) is 4.46. The van der Waals surface area contributed by atoms with E-state index < -0.39 is 0 Å². The van der Waals surface area contributed by atoms with E-state index >= 15 is 0 Å². The molecule has 0 heterocycles. The molecule has 0 rings (SSSR count). The summed E-state index contributed by atoms with van der Waals surface area (Å²) in [5.74, 6) is 0. The van der Waals surface area contributed by atoms with E-state index in [4.69, 9.17) is 0 Å². The summed E-state index contributed by atoms with van der Waals surface area (Å²) in [6.45, 7) is 7.39. The first-order chi connectivity index (χ1) is 6.17. The van der Waals surface area contributed by atoms with Crippen molar-refractivity contribution in [1.82, 2.24) is 0 Å². The van der Waals surface area contributed by atoms with Crippen molar-refractivity contribution < 1.29 is 9.59 Å². The highest BCUT2D eigenvalue weighted by Gasteiger charge is 2.05. The predicted molar refractivity (Wildman–Crippen MR) is 53.5 cm³/mol. The van der Waals surface area contributed by atoms with Crippen LogP contribution in [0.2, 0.25) is 0 Å². The Morgan fingerprint density at radius 1 is 1.31 bits per heavy atom. The molecule has 0 atom stereocenters. The Kier molecular flexibility index (Phi) is 5.77. The van der Waals surface area contributed by atoms with Crippen molar-refractivity contribution in [3.8, 4) is 0 Å². The van der Waals surface area contributed by atoms with E-state index in [0.717, 1.165) is 31.1 Å². The maximum Gasteiger partial charge on any atom is 0.149 e. The summed E-state index contributed by atoms with van der Waals surface area (Å²) in [6, 6.07) is 0. The van der Waals surface area contributed by atoms with Crippen LogP contribution in [0, 0.1) is 0 Å². The quantitative estimate of drug-likeness (QED) is 0.357. The van der Waals surface area contributed by atoms with E-state index in [1.165, 1.54) is 0 Å². The van der Waals surface area contributed by atoms with E-state index in [2.05, 4.69) is 13.5 Å². The molecule has 13 heavy (non-hydrogen) atoms. The maximum atomic E-state index is 10.5. The topological polar surface area (TPSA) is 34.1 Å². The zero-order chi connectivity index (χ0) is 10.3. The third kappa shape index (κ3) is 3.83. The molecule has 0 amide bonds. The summed E-state index contributed by atoms with van der Waals surface area (Å²) in [4.78, 5) is 21.0. The number of hydrogen-bond donors (Lipinski definition) is 0. The van der Waals surface area contributed by atoms with Gasteiger partial charge >= 0.3 is 0 Å². The molecule has 0 saturated carbocycles. The zero-order valence-electron chi connectivity index (χ0n) is 8.30. The minimum Gasteiger partial charge on any atom is -0.298 e. The number of allylic oxidation sites excluding steroid dienone is 3. The minimum atomic E-state index is 0.429. The molecular formula is C11H16O2. The number of rotatable bonds is 6. The summed E-state index contributed by atoms with van der Waals surface area (Å²) in [6.07, 6.45) is 4.27. The Labute approximate surface area is 79.3 Å². The molecule has 2 nitrogen and oxygen atoms in total. The summed E-state index contributed by atoms with van der Waals surface area (Å²) < 4.78 is 0. The number of hydrogen-bond acceptors (Lipinski definition) is 2. The fourth-order valence-electron chi connectivity index (χ4n) is 1.11. The molecular weight excluding hydrogens is 164 g/mol. The zero-order valence-corrected chi connectivity index (χ0v) is 8.30. The SMILES string of the molecule is C=C(C=O)/C(CCCC)=C(/C)C=O. The van der Waals surface area contributed by atoms with Gasteiger partial charge in [-0.2, -0.15) is 0 Å². The Balaban J connectivity index is 4.64. The van der Waals surface area contributed by atoms with Crippen LogP contribution in [0.3, 0.4) is 0 Å². The van der Waals surface area contributed by atoms with E-state index in [1.54, 1.807) is 6.92 Å². The van der Waals surface area contributed by atoms with Crippen LogP contribution in [0.15, 0.2) is 23.3 Å². The van der Waals surface area contributed by atoms with Crippen molar-refractivity contribution in [3.63, 3.8) is 0 Å². The molecule has 0 aliphatic carbocycles. The number of aldehydes is 2. The molecule has 0 aromatic heterocycles. The summed E-state index contributed by atoms with van der Waals surface area (Å²) in [7, 11) is 0. The standard InChI is InChI=1S/C11H16O2/c1-4-5-6-11(9(2)7-12)10(3)8-13/h7-8H,2,4-6H2,1,3H3/b11-10-. The lowest BCUT2D eigenvalue weighted by molar-refractivity contribution is -0.105. The van der Waals surface area contributed by atoms with Crippen LogP contribution in [0.1, 0.15) is 33.1 Å². The second-order valence-corrected chi connectivity index (χ2v) is 3.03. The first-order valence-corrected chi connectivity index (χ1v) is 4.46. The first kappa shape index (κ1) is 11.8. The highest BCUT2D eigenvalue weighted by Crippen LogP contribution is 2.17. The normalized spacial score (nSPS) is 11.8. The van der Waals surface area contributed by atoms with Crippen molar-refractivity contribution in [1.29, 1.82) is 0 Å². The van der Waals surface area contributed by atoms with Gasteiger partial charge in [0.25, 0.3) is 0 Å². The summed E-state index contributed by atoms with van der Waals surface area (Å²) >= 11 is 0. The van der Waals surface area contributed by atoms with Crippen molar-refractivity contribution >= 4 is 12.6 Å². The molecule has 0 aliphatic heterocycles. The van der Waals surface area contributed by atoms with Crippen molar-refractivity contribution in [2.45, 2.75) is 33.1 Å². The Morgan fingerprint density at radius 2 is 1.92 bits per heavy atom. The second kappa shape index (κ2) is 6.35. The number of carbonyl (C=O) groups is 2. The Hall–Kier alpha value is -1.18. The molecule has 0 spiro atoms. The average molecular weight is 180 g/mol. The van der Waals surface area contributed by atoms with Gasteiger partial charge in [-0.05, 0) is 30.9 Å². The van der Waals surface area contributed by atoms with Gasteiger partial charge in [0.05, 0.1) is 0 Å². The van der Waals surface area contributed by atoms with Gasteiger partial charge in [0.15, 0.2) is 0 Å². The maximum absolute atomic E-state index is 10.5. The molecule has 72 valence electrons. The van der Waals surface area contributed by atoms with Gasteiger partial charge in [-0.3, -0.25) is 9.59 Å². The van der Waals surface area contributed by atoms with E-state index in [0.29, 0.717) is 17.4 Å². The van der Waals surface area contributed by atoms with Gasteiger partial charge in [-0.15, -0.1) is 0 Å². The minimum absolute atomic E-state index is 0.429. The Morgan fingerprint density at radius 3 is 2.31 bits per heavy atom. The Bertz CT molecular complexity index is 236. The lowest BCUT2D eigenvalue weighted by Crippen LogP contribution is -1.95. The molecule has 0 unspecified atom stereocenters. The highest BCUT2D eigenvalue weighted by atomic mass is 16.1. The molecule has 0 radical (unpaired) electrons. The van der Waals surface area contributed by atoms with Crippen LogP contribution in [0.4, 0.5) is 0 Å². The largest absolute Gasteiger partial charge is 0.298 e. The van der Waals surface area contributed by atoms with Crippen LogP contribution >= 0.6 is 0 Å². The lowest BCUT2D eigenvalue weighted by Gasteiger charge is -2.06. The molecule has 0 N–H and O–H groups in total. The molecule has 0 aromatic carbocycles. The fourth-order valence-corrected chi connectivity index (χ4v) is 1.11. The van der Waals surface area contributed by atoms with Gasteiger partial charge in [0.2, 0.25) is 0 Å². The van der Waals surface area contributed by atoms with Crippen LogP contribution in [-0.4, -0.2) is 12.6 Å². The fraction of sp³-hybridized carbons (Fsp3) is 0.455. The van der Waals surface area contributed by atoms with Crippen LogP contribution in [-0.2, 0) is 9.59 Å². The van der Waals surface area contributed by atoms with Gasteiger partial charge in [0.1, 0.15) is 12.6 Å². The van der Waals surface area contributed by atoms with Gasteiger partial charge in [0, 0.05) is 5.57 Å². The molecule has 0 aliphatic rings. The number of unbranched alkanes of at least 4 members (excludes halogenated alkanes) is 1. The van der Waals surface area contributed by atoms with Gasteiger partial charge in [-0.25, -0.2) is 0 Å². The molecule has 0 bridgehead atoms. The second-order valence-electron chi connectivity index (χ2n) is 3.03. The third-order valence-corrected chi connectivity index (χ3v) is 1.96. The smallest absolute Gasteiger partial charge is 0.149 e. The molecule has 0 aromatic rings. The summed E-state index contributed by atoms with van der Waals surface area (Å²) in [5.41, 5.74) is 1.84. The van der Waals surface area contributed by atoms with E-state index in [-0.39, 0.29) is 0 Å². The number of carbonyl (C=O) groups excluding carboxylic acids is 2. The molecule has 0 saturated heterocycles. The lowest BCUT2D eigenvalue weighted by atomic mass is 9.98. The van der Waals surface area contributed by atoms with Crippen molar-refractivity contribution in [2.75, 3.05) is 0 Å². The monoisotopic (exact) mass is 180 g/mol. The van der Waals surface area contributed by atoms with Crippen LogP contribution in [0.5, 0.6) is 0 Å². The molecule has 0 fully saturated rings. The van der Waals surface area contributed by atoms with E-state index in [9.17, 15) is 9.59 Å². The van der Waals surface area contributed by atoms with Crippen LogP contribution < -0.4 is 0 Å². The van der Waals surface area contributed by atoms with Crippen molar-refractivity contribution in [2.24, 2.45) is 0 Å².